The number of likely N-dealkylation sites (tertiary alicyclic amines) is 1. The Morgan fingerprint density at radius 1 is 1.35 bits per heavy atom. The van der Waals surface area contributed by atoms with Gasteiger partial charge in [-0.15, -0.1) is 5.10 Å². The molecule has 2 aliphatic rings. The third kappa shape index (κ3) is 3.05. The van der Waals surface area contributed by atoms with Gasteiger partial charge in [-0.05, 0) is 32.9 Å². The molecule has 0 spiro atoms. The Morgan fingerprint density at radius 2 is 2.15 bits per heavy atom. The Morgan fingerprint density at radius 3 is 2.88 bits per heavy atom. The molecule has 1 fully saturated rings. The van der Waals surface area contributed by atoms with E-state index in [1.54, 1.807) is 21.7 Å². The molecule has 0 radical (unpaired) electrons. The highest BCUT2D eigenvalue weighted by Gasteiger charge is 2.43. The molecule has 1 aromatic heterocycles. The molecule has 1 aromatic carbocycles. The molecule has 138 valence electrons. The number of fused-ring (bicyclic) bond motifs is 3. The maximum absolute atomic E-state index is 13.5. The van der Waals surface area contributed by atoms with Crippen LogP contribution in [0.2, 0.25) is 0 Å². The smallest absolute Gasteiger partial charge is 0.410 e. The zero-order chi connectivity index (χ0) is 18.5. The summed E-state index contributed by atoms with van der Waals surface area (Å²) in [7, 11) is 0. The van der Waals surface area contributed by atoms with Crippen molar-refractivity contribution in [2.45, 2.75) is 45.1 Å². The number of aromatic nitrogens is 3. The molecule has 3 heterocycles. The number of benzene rings is 1. The van der Waals surface area contributed by atoms with Crippen molar-refractivity contribution in [1.82, 2.24) is 19.9 Å². The standard InChI is InChI=1S/C18H21FN4O3/c1-18(2,3)26-17(24)22-8-13-15(9-22)25-10-14-16(20-21-23(13)14)11-5-4-6-12(19)7-11/h4-7,13,15H,8-10H2,1-3H3. The first-order valence-corrected chi connectivity index (χ1v) is 8.61. The molecular weight excluding hydrogens is 339 g/mol. The van der Waals surface area contributed by atoms with Gasteiger partial charge in [0.15, 0.2) is 0 Å². The van der Waals surface area contributed by atoms with Gasteiger partial charge in [-0.3, -0.25) is 0 Å². The number of ether oxygens (including phenoxy) is 2. The summed E-state index contributed by atoms with van der Waals surface area (Å²) in [4.78, 5) is 14.0. The largest absolute Gasteiger partial charge is 0.444 e. The Hall–Kier alpha value is -2.48. The molecule has 2 unspecified atom stereocenters. The van der Waals surface area contributed by atoms with Gasteiger partial charge < -0.3 is 14.4 Å². The molecule has 1 amide bonds. The van der Waals surface area contributed by atoms with Crippen LogP contribution in [0.25, 0.3) is 11.3 Å². The molecule has 4 rings (SSSR count). The average molecular weight is 360 g/mol. The second-order valence-electron chi connectivity index (χ2n) is 7.64. The SMILES string of the molecule is CC(C)(C)OC(=O)N1CC2OCc3c(-c4cccc(F)c4)nnn3C2C1. The topological polar surface area (TPSA) is 69.5 Å². The zero-order valence-electron chi connectivity index (χ0n) is 15.0. The Bertz CT molecular complexity index is 845. The van der Waals surface area contributed by atoms with Crippen molar-refractivity contribution in [1.29, 1.82) is 0 Å². The van der Waals surface area contributed by atoms with Crippen molar-refractivity contribution in [3.63, 3.8) is 0 Å². The summed E-state index contributed by atoms with van der Waals surface area (Å²) in [6, 6.07) is 6.13. The highest BCUT2D eigenvalue weighted by atomic mass is 19.1. The summed E-state index contributed by atoms with van der Waals surface area (Å²) in [6.45, 7) is 6.73. The first-order chi connectivity index (χ1) is 12.3. The predicted octanol–water partition coefficient (Wildman–Crippen LogP) is 2.77. The predicted molar refractivity (Wildman–Crippen MR) is 90.8 cm³/mol. The molecule has 2 atom stereocenters. The summed E-state index contributed by atoms with van der Waals surface area (Å²) >= 11 is 0. The lowest BCUT2D eigenvalue weighted by Crippen LogP contribution is -2.36. The van der Waals surface area contributed by atoms with Crippen molar-refractivity contribution >= 4 is 6.09 Å². The number of nitrogens with zero attached hydrogens (tertiary/aromatic N) is 4. The van der Waals surface area contributed by atoms with Crippen molar-refractivity contribution in [2.24, 2.45) is 0 Å². The van der Waals surface area contributed by atoms with Crippen LogP contribution < -0.4 is 0 Å². The fourth-order valence-electron chi connectivity index (χ4n) is 3.39. The lowest BCUT2D eigenvalue weighted by molar-refractivity contribution is -0.00718. The number of halogens is 1. The third-order valence-electron chi connectivity index (χ3n) is 4.53. The summed E-state index contributed by atoms with van der Waals surface area (Å²) in [5, 5.41) is 8.49. The van der Waals surface area contributed by atoms with Crippen LogP contribution in [-0.2, 0) is 16.1 Å². The van der Waals surface area contributed by atoms with E-state index >= 15 is 0 Å². The molecule has 0 aliphatic carbocycles. The lowest BCUT2D eigenvalue weighted by atomic mass is 10.1. The summed E-state index contributed by atoms with van der Waals surface area (Å²) in [6.07, 6.45) is -0.514. The molecule has 2 aliphatic heterocycles. The molecule has 0 N–H and O–H groups in total. The molecular formula is C18H21FN4O3. The van der Waals surface area contributed by atoms with Crippen LogP contribution in [0, 0.1) is 5.82 Å². The lowest BCUT2D eigenvalue weighted by Gasteiger charge is -2.26. The number of rotatable bonds is 1. The van der Waals surface area contributed by atoms with E-state index in [0.29, 0.717) is 31.0 Å². The minimum Gasteiger partial charge on any atom is -0.444 e. The van der Waals surface area contributed by atoms with Crippen LogP contribution in [-0.4, -0.2) is 50.8 Å². The molecule has 0 saturated carbocycles. The van der Waals surface area contributed by atoms with E-state index in [1.807, 2.05) is 20.8 Å². The molecule has 8 heteroatoms. The zero-order valence-corrected chi connectivity index (χ0v) is 15.0. The van der Waals surface area contributed by atoms with Gasteiger partial charge in [0.25, 0.3) is 0 Å². The van der Waals surface area contributed by atoms with Crippen molar-refractivity contribution in [3.05, 3.63) is 35.8 Å². The monoisotopic (exact) mass is 360 g/mol. The van der Waals surface area contributed by atoms with E-state index in [9.17, 15) is 9.18 Å². The Balaban J connectivity index is 1.58. The maximum atomic E-state index is 13.5. The second-order valence-corrected chi connectivity index (χ2v) is 7.64. The molecule has 1 saturated heterocycles. The fraction of sp³-hybridized carbons (Fsp3) is 0.500. The number of carbonyl (C=O) groups is 1. The van der Waals surface area contributed by atoms with E-state index in [0.717, 1.165) is 5.69 Å². The molecule has 0 bridgehead atoms. The molecule has 2 aromatic rings. The fourth-order valence-corrected chi connectivity index (χ4v) is 3.39. The Kier molecular flexibility index (Phi) is 3.95. The minimum absolute atomic E-state index is 0.124. The van der Waals surface area contributed by atoms with Gasteiger partial charge in [-0.25, -0.2) is 13.9 Å². The Labute approximate surface area is 150 Å². The van der Waals surface area contributed by atoms with Crippen molar-refractivity contribution in [3.8, 4) is 11.3 Å². The third-order valence-corrected chi connectivity index (χ3v) is 4.53. The first-order valence-electron chi connectivity index (χ1n) is 8.61. The second kappa shape index (κ2) is 6.05. The molecule has 7 nitrogen and oxygen atoms in total. The average Bonchev–Trinajstić information content (AvgIpc) is 3.17. The van der Waals surface area contributed by atoms with E-state index in [4.69, 9.17) is 9.47 Å². The van der Waals surface area contributed by atoms with Gasteiger partial charge >= 0.3 is 6.09 Å². The van der Waals surface area contributed by atoms with Crippen LogP contribution in [0.5, 0.6) is 0 Å². The van der Waals surface area contributed by atoms with Gasteiger partial charge in [0.1, 0.15) is 17.1 Å². The van der Waals surface area contributed by atoms with Gasteiger partial charge in [-0.2, -0.15) is 0 Å². The van der Waals surface area contributed by atoms with Gasteiger partial charge in [0.2, 0.25) is 0 Å². The number of carbonyl (C=O) groups excluding carboxylic acids is 1. The molecule has 26 heavy (non-hydrogen) atoms. The highest BCUT2D eigenvalue weighted by Crippen LogP contribution is 2.34. The first kappa shape index (κ1) is 17.0. The maximum Gasteiger partial charge on any atom is 0.410 e. The van der Waals surface area contributed by atoms with Gasteiger partial charge in [-0.1, -0.05) is 17.3 Å². The van der Waals surface area contributed by atoms with Crippen LogP contribution in [0.15, 0.2) is 24.3 Å². The normalized spacial score (nSPS) is 22.1. The minimum atomic E-state index is -0.547. The van der Waals surface area contributed by atoms with Crippen molar-refractivity contribution < 1.29 is 18.7 Å². The van der Waals surface area contributed by atoms with Crippen LogP contribution in [0.3, 0.4) is 0 Å². The van der Waals surface area contributed by atoms with Crippen LogP contribution in [0.4, 0.5) is 9.18 Å². The van der Waals surface area contributed by atoms with E-state index < -0.39 is 5.60 Å². The van der Waals surface area contributed by atoms with Gasteiger partial charge in [0.05, 0.1) is 31.0 Å². The highest BCUT2D eigenvalue weighted by molar-refractivity contribution is 5.69. The van der Waals surface area contributed by atoms with Crippen LogP contribution >= 0.6 is 0 Å². The number of amides is 1. The summed E-state index contributed by atoms with van der Waals surface area (Å²) < 4.78 is 26.7. The number of hydrogen-bond acceptors (Lipinski definition) is 5. The van der Waals surface area contributed by atoms with E-state index in [-0.39, 0.29) is 24.1 Å². The number of hydrogen-bond donors (Lipinski definition) is 0. The summed E-state index contributed by atoms with van der Waals surface area (Å²) in [5.74, 6) is -0.323. The van der Waals surface area contributed by atoms with Crippen LogP contribution in [0.1, 0.15) is 32.5 Å². The van der Waals surface area contributed by atoms with Gasteiger partial charge in [0, 0.05) is 12.1 Å². The van der Waals surface area contributed by atoms with E-state index in [1.165, 1.54) is 12.1 Å². The van der Waals surface area contributed by atoms with Crippen molar-refractivity contribution in [2.75, 3.05) is 13.1 Å². The quantitative estimate of drug-likeness (QED) is 0.782. The summed E-state index contributed by atoms with van der Waals surface area (Å²) in [5.41, 5.74) is 1.52. The van der Waals surface area contributed by atoms with E-state index in [2.05, 4.69) is 10.3 Å².